The molecule has 3 aromatic carbocycles. The molecule has 1 N–H and O–H groups in total. The Kier molecular flexibility index (Phi) is 9.25. The highest BCUT2D eigenvalue weighted by Gasteiger charge is 2.30. The van der Waals surface area contributed by atoms with Crippen LogP contribution in [0.3, 0.4) is 0 Å². The predicted octanol–water partition coefficient (Wildman–Crippen LogP) is 3.96. The van der Waals surface area contributed by atoms with Crippen molar-refractivity contribution in [2.45, 2.75) is 38.0 Å². The standard InChI is InChI=1S/C19H21NO2.C11H13NO2/c1-15(17-10-6-3-7-11-17)20-13-18(22-19(21)14-20)12-16-8-4-2-5-9-16;13-11-8-12-7-10(14-11)6-9-4-2-1-3-5-9/h2-11,15,18H,12-14H2,1H3;1-5,10,12H,6-8H2/t15-,18+;10-/m10/s1. The zero-order chi connectivity index (χ0) is 25.2. The van der Waals surface area contributed by atoms with Crippen molar-refractivity contribution in [3.8, 4) is 0 Å². The van der Waals surface area contributed by atoms with Crippen LogP contribution in [0.2, 0.25) is 0 Å². The van der Waals surface area contributed by atoms with Crippen molar-refractivity contribution < 1.29 is 19.1 Å². The molecule has 0 amide bonds. The molecule has 2 aliphatic heterocycles. The highest BCUT2D eigenvalue weighted by atomic mass is 16.6. The first kappa shape index (κ1) is 25.6. The molecule has 2 heterocycles. The van der Waals surface area contributed by atoms with Gasteiger partial charge in [-0.15, -0.1) is 0 Å². The average Bonchev–Trinajstić information content (AvgIpc) is 2.90. The number of nitrogens with zero attached hydrogens (tertiary/aromatic N) is 1. The molecule has 0 radical (unpaired) electrons. The van der Waals surface area contributed by atoms with Crippen LogP contribution in [0.1, 0.15) is 29.7 Å². The van der Waals surface area contributed by atoms with E-state index in [9.17, 15) is 9.59 Å². The van der Waals surface area contributed by atoms with Crippen LogP contribution >= 0.6 is 0 Å². The lowest BCUT2D eigenvalue weighted by molar-refractivity contribution is -0.160. The van der Waals surface area contributed by atoms with E-state index in [1.54, 1.807) is 0 Å². The van der Waals surface area contributed by atoms with Crippen molar-refractivity contribution >= 4 is 11.9 Å². The van der Waals surface area contributed by atoms with Gasteiger partial charge in [-0.05, 0) is 23.6 Å². The molecule has 0 unspecified atom stereocenters. The predicted molar refractivity (Wildman–Crippen MR) is 139 cm³/mol. The van der Waals surface area contributed by atoms with Crippen molar-refractivity contribution in [1.82, 2.24) is 10.2 Å². The van der Waals surface area contributed by atoms with Crippen LogP contribution in [0, 0.1) is 0 Å². The van der Waals surface area contributed by atoms with E-state index < -0.39 is 0 Å². The minimum absolute atomic E-state index is 0.0151. The number of ether oxygens (including phenoxy) is 2. The zero-order valence-electron chi connectivity index (χ0n) is 20.7. The number of rotatable bonds is 6. The number of hydrogen-bond donors (Lipinski definition) is 1. The van der Waals surface area contributed by atoms with E-state index in [4.69, 9.17) is 9.47 Å². The number of esters is 2. The van der Waals surface area contributed by atoms with Crippen LogP contribution in [0.25, 0.3) is 0 Å². The number of carbonyl (C=O) groups is 2. The smallest absolute Gasteiger partial charge is 0.320 e. The summed E-state index contributed by atoms with van der Waals surface area (Å²) in [5, 5.41) is 3.03. The number of carbonyl (C=O) groups excluding carboxylic acids is 2. The SMILES string of the molecule is C[C@H](c1ccccc1)N1CC(=O)O[C@@H](Cc2ccccc2)C1.O=C1CNC[C@H](Cc2ccccc2)O1. The van der Waals surface area contributed by atoms with Crippen LogP contribution < -0.4 is 5.32 Å². The van der Waals surface area contributed by atoms with Gasteiger partial charge in [-0.3, -0.25) is 14.5 Å². The summed E-state index contributed by atoms with van der Waals surface area (Å²) < 4.78 is 10.7. The van der Waals surface area contributed by atoms with E-state index in [1.165, 1.54) is 16.7 Å². The Balaban J connectivity index is 0.000000187. The quantitative estimate of drug-likeness (QED) is 0.532. The number of morpholine rings is 2. The van der Waals surface area contributed by atoms with Gasteiger partial charge in [0.05, 0.1) is 13.1 Å². The first-order chi connectivity index (χ1) is 17.6. The molecule has 2 fully saturated rings. The lowest BCUT2D eigenvalue weighted by atomic mass is 10.0. The van der Waals surface area contributed by atoms with Gasteiger partial charge in [0, 0.05) is 32.0 Å². The molecule has 6 nitrogen and oxygen atoms in total. The topological polar surface area (TPSA) is 67.9 Å². The highest BCUT2D eigenvalue weighted by Crippen LogP contribution is 2.23. The number of nitrogens with one attached hydrogen (secondary N) is 1. The van der Waals surface area contributed by atoms with Crippen molar-refractivity contribution in [3.05, 3.63) is 108 Å². The van der Waals surface area contributed by atoms with Gasteiger partial charge in [-0.1, -0.05) is 91.0 Å². The van der Waals surface area contributed by atoms with Gasteiger partial charge in [0.1, 0.15) is 12.2 Å². The summed E-state index contributed by atoms with van der Waals surface area (Å²) in [6, 6.07) is 30.8. The molecule has 0 aromatic heterocycles. The fourth-order valence-electron chi connectivity index (χ4n) is 4.57. The Bertz CT molecular complexity index is 1090. The fourth-order valence-corrected chi connectivity index (χ4v) is 4.57. The average molecular weight is 487 g/mol. The summed E-state index contributed by atoms with van der Waals surface area (Å²) in [6.07, 6.45) is 1.47. The summed E-state index contributed by atoms with van der Waals surface area (Å²) in [7, 11) is 0. The summed E-state index contributed by atoms with van der Waals surface area (Å²) in [5.41, 5.74) is 3.64. The molecule has 188 valence electrons. The molecule has 0 bridgehead atoms. The van der Waals surface area contributed by atoms with Crippen molar-refractivity contribution in [2.24, 2.45) is 0 Å². The fraction of sp³-hybridized carbons (Fsp3) is 0.333. The van der Waals surface area contributed by atoms with E-state index in [0.717, 1.165) is 25.9 Å². The molecule has 36 heavy (non-hydrogen) atoms. The van der Waals surface area contributed by atoms with Crippen molar-refractivity contribution in [2.75, 3.05) is 26.2 Å². The molecule has 2 aliphatic rings. The first-order valence-corrected chi connectivity index (χ1v) is 12.5. The van der Waals surface area contributed by atoms with Gasteiger partial charge >= 0.3 is 11.9 Å². The van der Waals surface area contributed by atoms with Gasteiger partial charge in [0.15, 0.2) is 0 Å². The van der Waals surface area contributed by atoms with Gasteiger partial charge in [-0.25, -0.2) is 0 Å². The zero-order valence-corrected chi connectivity index (χ0v) is 20.7. The molecule has 0 aliphatic carbocycles. The van der Waals surface area contributed by atoms with E-state index in [-0.39, 0.29) is 30.2 Å². The van der Waals surface area contributed by atoms with Gasteiger partial charge in [0.25, 0.3) is 0 Å². The third-order valence-electron chi connectivity index (χ3n) is 6.45. The molecule has 3 aromatic rings. The summed E-state index contributed by atoms with van der Waals surface area (Å²) in [4.78, 5) is 25.1. The summed E-state index contributed by atoms with van der Waals surface area (Å²) >= 11 is 0. The van der Waals surface area contributed by atoms with Crippen molar-refractivity contribution in [1.29, 1.82) is 0 Å². The number of hydrogen-bond acceptors (Lipinski definition) is 6. The molecule has 2 saturated heterocycles. The second kappa shape index (κ2) is 13.0. The maximum absolute atomic E-state index is 11.9. The van der Waals surface area contributed by atoms with Crippen molar-refractivity contribution in [3.63, 3.8) is 0 Å². The van der Waals surface area contributed by atoms with Crippen LogP contribution in [-0.4, -0.2) is 55.2 Å². The maximum Gasteiger partial charge on any atom is 0.320 e. The maximum atomic E-state index is 11.9. The molecular formula is C30H34N2O4. The Morgan fingerprint density at radius 1 is 0.778 bits per heavy atom. The Morgan fingerprint density at radius 2 is 1.31 bits per heavy atom. The summed E-state index contributed by atoms with van der Waals surface area (Å²) in [5.74, 6) is -0.285. The molecule has 0 spiro atoms. The van der Waals surface area contributed by atoms with Gasteiger partial charge in [0.2, 0.25) is 0 Å². The van der Waals surface area contributed by atoms with E-state index in [2.05, 4.69) is 41.4 Å². The molecule has 0 saturated carbocycles. The Morgan fingerprint density at radius 3 is 1.89 bits per heavy atom. The van der Waals surface area contributed by atoms with Crippen LogP contribution in [0.5, 0.6) is 0 Å². The van der Waals surface area contributed by atoms with Gasteiger partial charge < -0.3 is 14.8 Å². The lowest BCUT2D eigenvalue weighted by Gasteiger charge is -2.36. The molecule has 3 atom stereocenters. The molecule has 5 rings (SSSR count). The number of cyclic esters (lactones) is 2. The second-order valence-corrected chi connectivity index (χ2v) is 9.25. The second-order valence-electron chi connectivity index (χ2n) is 9.25. The minimum Gasteiger partial charge on any atom is -0.460 e. The number of benzene rings is 3. The minimum atomic E-state index is -0.155. The summed E-state index contributed by atoms with van der Waals surface area (Å²) in [6.45, 7) is 4.37. The van der Waals surface area contributed by atoms with E-state index in [1.807, 2.05) is 66.7 Å². The van der Waals surface area contributed by atoms with Gasteiger partial charge in [-0.2, -0.15) is 0 Å². The highest BCUT2D eigenvalue weighted by molar-refractivity contribution is 5.73. The largest absolute Gasteiger partial charge is 0.460 e. The Hall–Kier alpha value is -3.48. The monoisotopic (exact) mass is 486 g/mol. The first-order valence-electron chi connectivity index (χ1n) is 12.5. The van der Waals surface area contributed by atoms with Crippen LogP contribution in [-0.2, 0) is 31.9 Å². The van der Waals surface area contributed by atoms with Crippen LogP contribution in [0.15, 0.2) is 91.0 Å². The third kappa shape index (κ3) is 7.77. The molecular weight excluding hydrogens is 452 g/mol. The van der Waals surface area contributed by atoms with E-state index >= 15 is 0 Å². The van der Waals surface area contributed by atoms with E-state index in [0.29, 0.717) is 13.1 Å². The Labute approximate surface area is 213 Å². The third-order valence-corrected chi connectivity index (χ3v) is 6.45. The lowest BCUT2D eigenvalue weighted by Crippen LogP contribution is -2.47. The molecule has 6 heteroatoms. The van der Waals surface area contributed by atoms with Crippen LogP contribution in [0.4, 0.5) is 0 Å². The normalized spacial score (nSPS) is 20.9.